The first-order valence-corrected chi connectivity index (χ1v) is 11.4. The minimum absolute atomic E-state index is 0.927. The molecule has 2 aromatic carbocycles. The summed E-state index contributed by atoms with van der Waals surface area (Å²) in [6.45, 7) is 5.39. The largest absolute Gasteiger partial charge is 0.355 e. The Morgan fingerprint density at radius 3 is 2.58 bits per heavy atom. The summed E-state index contributed by atoms with van der Waals surface area (Å²) >= 11 is 0. The van der Waals surface area contributed by atoms with Gasteiger partial charge in [0.15, 0.2) is 0 Å². The maximum atomic E-state index is 4.18. The molecule has 156 valence electrons. The quantitative estimate of drug-likeness (QED) is 0.470. The summed E-state index contributed by atoms with van der Waals surface area (Å²) in [5.74, 6) is 0. The van der Waals surface area contributed by atoms with Crippen molar-refractivity contribution < 1.29 is 0 Å². The molecule has 0 bridgehead atoms. The Hall–Kier alpha value is -2.95. The number of pyridine rings is 1. The van der Waals surface area contributed by atoms with Crippen LogP contribution in [0.5, 0.6) is 0 Å². The summed E-state index contributed by atoms with van der Waals surface area (Å²) in [6, 6.07) is 18.1. The highest BCUT2D eigenvalue weighted by Gasteiger charge is 2.19. The van der Waals surface area contributed by atoms with Crippen molar-refractivity contribution in [3.63, 3.8) is 0 Å². The monoisotopic (exact) mass is 408 g/mol. The van der Waals surface area contributed by atoms with Crippen LogP contribution in [0, 0.1) is 0 Å². The first-order valence-electron chi connectivity index (χ1n) is 11.4. The van der Waals surface area contributed by atoms with E-state index in [1.165, 1.54) is 82.3 Å². The summed E-state index contributed by atoms with van der Waals surface area (Å²) in [4.78, 5) is 10.5. The van der Waals surface area contributed by atoms with Crippen LogP contribution >= 0.6 is 0 Å². The molecule has 0 atom stereocenters. The van der Waals surface area contributed by atoms with Gasteiger partial charge in [-0.25, -0.2) is 0 Å². The fourth-order valence-electron chi connectivity index (χ4n) is 5.17. The van der Waals surface area contributed by atoms with Crippen molar-refractivity contribution in [1.82, 2.24) is 20.2 Å². The smallest absolute Gasteiger partial charge is 0.0468 e. The van der Waals surface area contributed by atoms with E-state index in [1.54, 1.807) is 0 Å². The molecule has 0 radical (unpaired) electrons. The highest BCUT2D eigenvalue weighted by atomic mass is 15.1. The fourth-order valence-corrected chi connectivity index (χ4v) is 5.17. The van der Waals surface area contributed by atoms with Crippen LogP contribution in [-0.2, 0) is 19.6 Å². The van der Waals surface area contributed by atoms with Crippen LogP contribution in [0.4, 0.5) is 0 Å². The molecule has 2 aliphatic heterocycles. The molecule has 2 aliphatic rings. The van der Waals surface area contributed by atoms with Crippen LogP contribution in [0.3, 0.4) is 0 Å². The lowest BCUT2D eigenvalue weighted by molar-refractivity contribution is 0.221. The number of nitrogens with one attached hydrogen (secondary N) is 2. The van der Waals surface area contributed by atoms with Gasteiger partial charge in [0.05, 0.1) is 0 Å². The van der Waals surface area contributed by atoms with Gasteiger partial charge in [0, 0.05) is 54.2 Å². The summed E-state index contributed by atoms with van der Waals surface area (Å²) in [5, 5.41) is 4.84. The van der Waals surface area contributed by atoms with E-state index in [0.29, 0.717) is 0 Å². The zero-order valence-electron chi connectivity index (χ0n) is 17.8. The zero-order valence-corrected chi connectivity index (χ0v) is 17.8. The molecule has 0 amide bonds. The maximum absolute atomic E-state index is 4.18. The highest BCUT2D eigenvalue weighted by molar-refractivity contribution is 5.88. The second-order valence-corrected chi connectivity index (χ2v) is 8.94. The van der Waals surface area contributed by atoms with Crippen molar-refractivity contribution in [3.05, 3.63) is 77.6 Å². The number of hydrogen-bond donors (Lipinski definition) is 2. The average Bonchev–Trinajstić information content (AvgIpc) is 3.46. The summed E-state index contributed by atoms with van der Waals surface area (Å²) in [7, 11) is 0. The number of hydrogen-bond acceptors (Lipinski definition) is 3. The Morgan fingerprint density at radius 2 is 1.71 bits per heavy atom. The molecule has 1 saturated heterocycles. The molecule has 0 spiro atoms. The average molecular weight is 409 g/mol. The van der Waals surface area contributed by atoms with Crippen molar-refractivity contribution in [2.45, 2.75) is 38.9 Å². The predicted molar refractivity (Wildman–Crippen MR) is 127 cm³/mol. The number of aromatic nitrogens is 2. The highest BCUT2D eigenvalue weighted by Crippen LogP contribution is 2.35. The van der Waals surface area contributed by atoms with Crippen LogP contribution in [0.25, 0.3) is 33.3 Å². The zero-order chi connectivity index (χ0) is 20.6. The van der Waals surface area contributed by atoms with Crippen LogP contribution in [-0.4, -0.2) is 28.0 Å². The molecule has 2 N–H and O–H groups in total. The Balaban J connectivity index is 1.38. The summed E-state index contributed by atoms with van der Waals surface area (Å²) in [6.07, 6.45) is 7.79. The van der Waals surface area contributed by atoms with Crippen molar-refractivity contribution in [2.75, 3.05) is 13.1 Å². The number of fused-ring (bicyclic) bond motifs is 2. The molecule has 4 nitrogen and oxygen atoms in total. The molecule has 2 aromatic heterocycles. The van der Waals surface area contributed by atoms with Gasteiger partial charge in [-0.2, -0.15) is 0 Å². The van der Waals surface area contributed by atoms with Crippen molar-refractivity contribution in [3.8, 4) is 22.4 Å². The number of piperidine rings is 1. The molecule has 4 aromatic rings. The molecule has 1 fully saturated rings. The number of aromatic amines is 1. The lowest BCUT2D eigenvalue weighted by Gasteiger charge is -2.26. The number of nitrogens with zero attached hydrogens (tertiary/aromatic N) is 2. The molecule has 0 aliphatic carbocycles. The van der Waals surface area contributed by atoms with Crippen molar-refractivity contribution in [2.24, 2.45) is 0 Å². The van der Waals surface area contributed by atoms with E-state index in [4.69, 9.17) is 0 Å². The van der Waals surface area contributed by atoms with Gasteiger partial charge in [-0.3, -0.25) is 9.88 Å². The van der Waals surface area contributed by atoms with Gasteiger partial charge in [0.1, 0.15) is 0 Å². The fraction of sp³-hybridized carbons (Fsp3) is 0.296. The van der Waals surface area contributed by atoms with Crippen LogP contribution in [0.1, 0.15) is 36.0 Å². The van der Waals surface area contributed by atoms with E-state index in [9.17, 15) is 0 Å². The molecule has 0 unspecified atom stereocenters. The second-order valence-electron chi connectivity index (χ2n) is 8.94. The number of H-pyrrole nitrogens is 1. The third-order valence-electron chi connectivity index (χ3n) is 6.80. The van der Waals surface area contributed by atoms with Crippen molar-refractivity contribution >= 4 is 10.9 Å². The Morgan fingerprint density at radius 1 is 0.839 bits per heavy atom. The molecule has 6 rings (SSSR count). The lowest BCUT2D eigenvalue weighted by atomic mass is 9.94. The standard InChI is InChI=1S/C27H28N4/c1-2-10-31(11-3-1)18-19-4-5-26-22(12-19)15-27(30-26)24-14-21(20-6-8-28-9-7-20)13-23-16-29-17-25(23)24/h4-9,12-15,29-30H,1-3,10-11,16-18H2. The van der Waals surface area contributed by atoms with E-state index in [-0.39, 0.29) is 0 Å². The third kappa shape index (κ3) is 3.67. The topological polar surface area (TPSA) is 44.0 Å². The van der Waals surface area contributed by atoms with Gasteiger partial charge >= 0.3 is 0 Å². The van der Waals surface area contributed by atoms with Gasteiger partial charge in [0.2, 0.25) is 0 Å². The normalized spacial score (nSPS) is 16.6. The Kier molecular flexibility index (Phi) is 4.82. The van der Waals surface area contributed by atoms with Crippen molar-refractivity contribution in [1.29, 1.82) is 0 Å². The lowest BCUT2D eigenvalue weighted by Crippen LogP contribution is -2.28. The van der Waals surface area contributed by atoms with Crippen LogP contribution in [0.15, 0.2) is 60.9 Å². The van der Waals surface area contributed by atoms with Gasteiger partial charge in [-0.05, 0) is 96.2 Å². The van der Waals surface area contributed by atoms with E-state index in [2.05, 4.69) is 68.7 Å². The van der Waals surface area contributed by atoms with Gasteiger partial charge in [0.25, 0.3) is 0 Å². The van der Waals surface area contributed by atoms with Gasteiger partial charge < -0.3 is 10.3 Å². The van der Waals surface area contributed by atoms with Gasteiger partial charge in [-0.15, -0.1) is 0 Å². The number of benzene rings is 2. The van der Waals surface area contributed by atoms with E-state index in [0.717, 1.165) is 19.6 Å². The molecule has 4 heterocycles. The van der Waals surface area contributed by atoms with E-state index >= 15 is 0 Å². The minimum atomic E-state index is 0.927. The van der Waals surface area contributed by atoms with Crippen LogP contribution in [0.2, 0.25) is 0 Å². The van der Waals surface area contributed by atoms with E-state index < -0.39 is 0 Å². The number of likely N-dealkylation sites (tertiary alicyclic amines) is 1. The second kappa shape index (κ2) is 7.95. The first-order chi connectivity index (χ1) is 15.3. The van der Waals surface area contributed by atoms with E-state index in [1.807, 2.05) is 12.4 Å². The molecule has 0 saturated carbocycles. The molecule has 31 heavy (non-hydrogen) atoms. The molecule has 4 heteroatoms. The van der Waals surface area contributed by atoms with Gasteiger partial charge in [-0.1, -0.05) is 12.5 Å². The third-order valence-corrected chi connectivity index (χ3v) is 6.80. The molecular weight excluding hydrogens is 380 g/mol. The maximum Gasteiger partial charge on any atom is 0.0468 e. The molecular formula is C27H28N4. The SMILES string of the molecule is c1cc(-c2cc3c(c(-c4cc5cc(CN6CCCCC6)ccc5[nH]4)c2)CNC3)ccn1. The Labute approximate surface area is 183 Å². The first kappa shape index (κ1) is 18.8. The summed E-state index contributed by atoms with van der Waals surface area (Å²) < 4.78 is 0. The Bertz CT molecular complexity index is 1220. The summed E-state index contributed by atoms with van der Waals surface area (Å²) in [5.41, 5.74) is 10.4. The predicted octanol–water partition coefficient (Wildman–Crippen LogP) is 5.49. The number of rotatable bonds is 4. The minimum Gasteiger partial charge on any atom is -0.355 e. The van der Waals surface area contributed by atoms with Crippen LogP contribution < -0.4 is 5.32 Å².